The summed E-state index contributed by atoms with van der Waals surface area (Å²) in [6.07, 6.45) is 1.34. The molecule has 0 spiro atoms. The van der Waals surface area contributed by atoms with Gasteiger partial charge in [0.05, 0.1) is 0 Å². The number of fused-ring (bicyclic) bond motifs is 1. The molecule has 2 amide bonds. The fourth-order valence-corrected chi connectivity index (χ4v) is 3.19. The van der Waals surface area contributed by atoms with E-state index in [4.69, 9.17) is 0 Å². The van der Waals surface area contributed by atoms with Crippen LogP contribution in [0.5, 0.6) is 0 Å². The number of allylic oxidation sites excluding steroid dienone is 1. The van der Waals surface area contributed by atoms with Crippen LogP contribution in [0.2, 0.25) is 0 Å². The first-order valence-electron chi connectivity index (χ1n) is 7.96. The molecule has 1 saturated heterocycles. The molecule has 5 heteroatoms. The molecule has 1 fully saturated rings. The Morgan fingerprint density at radius 1 is 1.30 bits per heavy atom. The van der Waals surface area contributed by atoms with Crippen LogP contribution in [0.25, 0.3) is 0 Å². The van der Waals surface area contributed by atoms with Gasteiger partial charge in [-0.3, -0.25) is 9.59 Å². The minimum Gasteiger partial charge on any atom is -0.380 e. The van der Waals surface area contributed by atoms with Crippen molar-refractivity contribution in [1.82, 2.24) is 10.2 Å². The van der Waals surface area contributed by atoms with Gasteiger partial charge in [-0.2, -0.15) is 0 Å². The van der Waals surface area contributed by atoms with Crippen molar-refractivity contribution in [2.24, 2.45) is 0 Å². The van der Waals surface area contributed by atoms with E-state index in [0.29, 0.717) is 24.9 Å². The number of nitrogens with zero attached hydrogens (tertiary/aromatic N) is 1. The number of amides is 2. The highest BCUT2D eigenvalue weighted by Crippen LogP contribution is 2.33. The van der Waals surface area contributed by atoms with Gasteiger partial charge in [-0.15, -0.1) is 0 Å². The molecule has 5 nitrogen and oxygen atoms in total. The Bertz CT molecular complexity index is 688. The van der Waals surface area contributed by atoms with Gasteiger partial charge in [0, 0.05) is 34.6 Å². The molecule has 1 aromatic carbocycles. The zero-order chi connectivity index (χ0) is 16.8. The van der Waals surface area contributed by atoms with Gasteiger partial charge in [0.2, 0.25) is 5.91 Å². The number of piperidine rings is 1. The average molecular weight is 313 g/mol. The topological polar surface area (TPSA) is 61.4 Å². The van der Waals surface area contributed by atoms with E-state index in [0.717, 1.165) is 16.9 Å². The van der Waals surface area contributed by atoms with Crippen LogP contribution < -0.4 is 10.6 Å². The van der Waals surface area contributed by atoms with E-state index in [1.54, 1.807) is 4.90 Å². The van der Waals surface area contributed by atoms with Crippen LogP contribution in [0.1, 0.15) is 49.5 Å². The minimum atomic E-state index is -0.414. The van der Waals surface area contributed by atoms with Gasteiger partial charge in [-0.25, -0.2) is 0 Å². The van der Waals surface area contributed by atoms with Crippen molar-refractivity contribution >= 4 is 17.5 Å². The van der Waals surface area contributed by atoms with E-state index in [2.05, 4.69) is 38.0 Å². The number of hydrogen-bond acceptors (Lipinski definition) is 3. The molecule has 1 unspecified atom stereocenters. The normalized spacial score (nSPS) is 21.3. The second-order valence-electron chi connectivity index (χ2n) is 7.29. The van der Waals surface area contributed by atoms with Gasteiger partial charge in [-0.05, 0) is 45.7 Å². The summed E-state index contributed by atoms with van der Waals surface area (Å²) in [5.74, 6) is -0.196. The summed E-state index contributed by atoms with van der Waals surface area (Å²) in [5, 5.41) is 6.21. The van der Waals surface area contributed by atoms with E-state index in [1.165, 1.54) is 0 Å². The molecule has 2 N–H and O–H groups in total. The van der Waals surface area contributed by atoms with Crippen molar-refractivity contribution in [3.05, 3.63) is 41.6 Å². The van der Waals surface area contributed by atoms with Crippen LogP contribution in [0.4, 0.5) is 5.69 Å². The zero-order valence-corrected chi connectivity index (χ0v) is 13.9. The number of carbonyl (C=O) groups excluding carboxylic acids is 2. The first-order valence-corrected chi connectivity index (χ1v) is 7.96. The lowest BCUT2D eigenvalue weighted by molar-refractivity contribution is -0.126. The van der Waals surface area contributed by atoms with E-state index in [1.807, 2.05) is 18.2 Å². The second-order valence-corrected chi connectivity index (χ2v) is 7.29. The molecule has 2 aliphatic heterocycles. The Morgan fingerprint density at radius 2 is 2.04 bits per heavy atom. The van der Waals surface area contributed by atoms with Crippen molar-refractivity contribution in [2.45, 2.75) is 51.7 Å². The van der Waals surface area contributed by atoms with E-state index in [-0.39, 0.29) is 17.4 Å². The Balaban J connectivity index is 1.88. The summed E-state index contributed by atoms with van der Waals surface area (Å²) in [7, 11) is 0. The molecule has 122 valence electrons. The fourth-order valence-electron chi connectivity index (χ4n) is 3.19. The van der Waals surface area contributed by atoms with Gasteiger partial charge in [0.25, 0.3) is 5.91 Å². The number of nitrogens with one attached hydrogen (secondary N) is 2. The largest absolute Gasteiger partial charge is 0.380 e. The maximum Gasteiger partial charge on any atom is 0.255 e. The number of benzene rings is 1. The van der Waals surface area contributed by atoms with Crippen molar-refractivity contribution in [3.8, 4) is 0 Å². The Labute approximate surface area is 136 Å². The summed E-state index contributed by atoms with van der Waals surface area (Å²) in [4.78, 5) is 26.6. The predicted octanol–water partition coefficient (Wildman–Crippen LogP) is 2.65. The van der Waals surface area contributed by atoms with Gasteiger partial charge in [0.15, 0.2) is 0 Å². The number of rotatable bonds is 2. The lowest BCUT2D eigenvalue weighted by Crippen LogP contribution is -2.49. The van der Waals surface area contributed by atoms with Crippen molar-refractivity contribution in [3.63, 3.8) is 0 Å². The molecule has 1 atom stereocenters. The standard InChI is InChI=1S/C18H23N3O2/c1-11-8-9-15(16(22)19-11)21-10-13-12(17(21)23)6-5-7-14(13)20-18(2,3)4/h5-7,15,20H,1,8-10H2,2-4H3,(H,19,22). The van der Waals surface area contributed by atoms with Crippen LogP contribution >= 0.6 is 0 Å². The Kier molecular flexibility index (Phi) is 3.66. The summed E-state index contributed by atoms with van der Waals surface area (Å²) >= 11 is 0. The van der Waals surface area contributed by atoms with Crippen molar-refractivity contribution < 1.29 is 9.59 Å². The van der Waals surface area contributed by atoms with Gasteiger partial charge in [0.1, 0.15) is 6.04 Å². The maximum atomic E-state index is 12.7. The van der Waals surface area contributed by atoms with E-state index < -0.39 is 6.04 Å². The first kappa shape index (κ1) is 15.6. The van der Waals surface area contributed by atoms with Crippen LogP contribution in [-0.2, 0) is 11.3 Å². The highest BCUT2D eigenvalue weighted by atomic mass is 16.2. The van der Waals surface area contributed by atoms with E-state index >= 15 is 0 Å². The number of carbonyl (C=O) groups is 2. The number of anilines is 1. The molecule has 1 aromatic rings. The van der Waals surface area contributed by atoms with Gasteiger partial charge < -0.3 is 15.5 Å². The summed E-state index contributed by atoms with van der Waals surface area (Å²) in [6.45, 7) is 10.5. The quantitative estimate of drug-likeness (QED) is 0.882. The molecule has 0 radical (unpaired) electrons. The zero-order valence-electron chi connectivity index (χ0n) is 13.9. The molecule has 2 aliphatic rings. The highest BCUT2D eigenvalue weighted by molar-refractivity contribution is 6.02. The molecule has 0 aliphatic carbocycles. The molecule has 0 saturated carbocycles. The van der Waals surface area contributed by atoms with E-state index in [9.17, 15) is 9.59 Å². The predicted molar refractivity (Wildman–Crippen MR) is 90.0 cm³/mol. The summed E-state index contributed by atoms with van der Waals surface area (Å²) in [5.41, 5.74) is 3.27. The van der Waals surface area contributed by atoms with Crippen LogP contribution in [-0.4, -0.2) is 28.3 Å². The first-order chi connectivity index (χ1) is 10.8. The minimum absolute atomic E-state index is 0.0646. The molecular weight excluding hydrogens is 290 g/mol. The van der Waals surface area contributed by atoms with Crippen molar-refractivity contribution in [2.75, 3.05) is 5.32 Å². The highest BCUT2D eigenvalue weighted by Gasteiger charge is 2.39. The lowest BCUT2D eigenvalue weighted by atomic mass is 10.0. The fraction of sp³-hybridized carbons (Fsp3) is 0.444. The molecule has 0 bridgehead atoms. The SMILES string of the molecule is C=C1CCC(N2Cc3c(NC(C)(C)C)cccc3C2=O)C(=O)N1. The molecule has 23 heavy (non-hydrogen) atoms. The smallest absolute Gasteiger partial charge is 0.255 e. The van der Waals surface area contributed by atoms with Gasteiger partial charge >= 0.3 is 0 Å². The Hall–Kier alpha value is -2.30. The van der Waals surface area contributed by atoms with Crippen LogP contribution in [0.3, 0.4) is 0 Å². The second kappa shape index (κ2) is 5.41. The van der Waals surface area contributed by atoms with Gasteiger partial charge in [-0.1, -0.05) is 12.6 Å². The molecule has 3 rings (SSSR count). The van der Waals surface area contributed by atoms with Crippen LogP contribution in [0, 0.1) is 0 Å². The summed E-state index contributed by atoms with van der Waals surface area (Å²) < 4.78 is 0. The number of hydrogen-bond donors (Lipinski definition) is 2. The van der Waals surface area contributed by atoms with Crippen LogP contribution in [0.15, 0.2) is 30.5 Å². The monoisotopic (exact) mass is 313 g/mol. The molecular formula is C18H23N3O2. The van der Waals surface area contributed by atoms with Crippen molar-refractivity contribution in [1.29, 1.82) is 0 Å². The summed E-state index contributed by atoms with van der Waals surface area (Å²) in [6, 6.07) is 5.30. The third-order valence-electron chi connectivity index (χ3n) is 4.20. The maximum absolute atomic E-state index is 12.7. The third kappa shape index (κ3) is 2.96. The third-order valence-corrected chi connectivity index (χ3v) is 4.20. The average Bonchev–Trinajstić information content (AvgIpc) is 2.76. The lowest BCUT2D eigenvalue weighted by Gasteiger charge is -2.31. The Morgan fingerprint density at radius 3 is 2.70 bits per heavy atom. The molecule has 0 aromatic heterocycles. The molecule has 2 heterocycles.